The molecule has 80 valence electrons. The van der Waals surface area contributed by atoms with Gasteiger partial charge in [0, 0.05) is 13.0 Å². The minimum atomic E-state index is -1.38. The van der Waals surface area contributed by atoms with Crippen LogP contribution in [0.3, 0.4) is 0 Å². The number of hydrogen-bond donors (Lipinski definition) is 2. The Balaban J connectivity index is 2.68. The third-order valence-corrected chi connectivity index (χ3v) is 2.45. The van der Waals surface area contributed by atoms with E-state index in [-0.39, 0.29) is 5.92 Å². The molecule has 0 atom stereocenters. The van der Waals surface area contributed by atoms with Crippen LogP contribution < -0.4 is 5.56 Å². The van der Waals surface area contributed by atoms with Gasteiger partial charge in [0.1, 0.15) is 5.82 Å². The van der Waals surface area contributed by atoms with E-state index in [0.29, 0.717) is 5.82 Å². The standard InChI is InChI=1S/C9H10N2O4/c1-11-7(4-2-3-4)10-5(9(14)15)6(12)8(11)13/h4,12H,2-3H2,1H3,(H,14,15). The Morgan fingerprint density at radius 2 is 2.13 bits per heavy atom. The van der Waals surface area contributed by atoms with Crippen molar-refractivity contribution >= 4 is 5.97 Å². The van der Waals surface area contributed by atoms with E-state index >= 15 is 0 Å². The maximum absolute atomic E-state index is 11.5. The van der Waals surface area contributed by atoms with Gasteiger partial charge in [0.25, 0.3) is 5.56 Å². The van der Waals surface area contributed by atoms with Crippen LogP contribution in [0.1, 0.15) is 35.1 Å². The van der Waals surface area contributed by atoms with Crippen molar-refractivity contribution in [2.75, 3.05) is 0 Å². The first-order valence-corrected chi connectivity index (χ1v) is 4.55. The number of carbonyl (C=O) groups is 1. The van der Waals surface area contributed by atoms with Crippen molar-refractivity contribution < 1.29 is 15.0 Å². The summed E-state index contributed by atoms with van der Waals surface area (Å²) in [4.78, 5) is 26.0. The van der Waals surface area contributed by atoms with Gasteiger partial charge in [-0.2, -0.15) is 0 Å². The predicted molar refractivity (Wildman–Crippen MR) is 50.1 cm³/mol. The van der Waals surface area contributed by atoms with Crippen LogP contribution in [-0.4, -0.2) is 25.7 Å². The van der Waals surface area contributed by atoms with E-state index in [9.17, 15) is 14.7 Å². The highest BCUT2D eigenvalue weighted by molar-refractivity contribution is 5.88. The van der Waals surface area contributed by atoms with Crippen molar-refractivity contribution in [2.45, 2.75) is 18.8 Å². The molecule has 0 aromatic carbocycles. The summed E-state index contributed by atoms with van der Waals surface area (Å²) in [6, 6.07) is 0. The van der Waals surface area contributed by atoms with Crippen LogP contribution in [0, 0.1) is 0 Å². The Morgan fingerprint density at radius 1 is 1.53 bits per heavy atom. The first-order chi connectivity index (χ1) is 7.02. The molecule has 1 aromatic heterocycles. The topological polar surface area (TPSA) is 92.4 Å². The average molecular weight is 210 g/mol. The predicted octanol–water partition coefficient (Wildman–Crippen LogP) is 0.0615. The summed E-state index contributed by atoms with van der Waals surface area (Å²) in [5.41, 5.74) is -1.26. The lowest BCUT2D eigenvalue weighted by atomic mass is 10.3. The second-order valence-electron chi connectivity index (χ2n) is 3.61. The quantitative estimate of drug-likeness (QED) is 0.720. The largest absolute Gasteiger partial charge is 0.501 e. The number of aromatic hydroxyl groups is 1. The Hall–Kier alpha value is -1.85. The van der Waals surface area contributed by atoms with Gasteiger partial charge in [-0.1, -0.05) is 0 Å². The Morgan fingerprint density at radius 3 is 2.60 bits per heavy atom. The third kappa shape index (κ3) is 1.47. The molecule has 2 N–H and O–H groups in total. The molecule has 0 aliphatic heterocycles. The zero-order valence-electron chi connectivity index (χ0n) is 8.10. The maximum atomic E-state index is 11.5. The number of aromatic carboxylic acids is 1. The van der Waals surface area contributed by atoms with E-state index < -0.39 is 23.0 Å². The average Bonchev–Trinajstić information content (AvgIpc) is 2.97. The van der Waals surface area contributed by atoms with E-state index in [4.69, 9.17) is 5.11 Å². The van der Waals surface area contributed by atoms with Crippen molar-refractivity contribution in [1.29, 1.82) is 0 Å². The van der Waals surface area contributed by atoms with Gasteiger partial charge in [0.15, 0.2) is 5.69 Å². The molecule has 1 aliphatic carbocycles. The van der Waals surface area contributed by atoms with E-state index in [1.54, 1.807) is 0 Å². The molecule has 1 aliphatic rings. The molecule has 1 aromatic rings. The molecule has 6 nitrogen and oxygen atoms in total. The third-order valence-electron chi connectivity index (χ3n) is 2.45. The molecule has 0 radical (unpaired) electrons. The molecule has 0 amide bonds. The molecular weight excluding hydrogens is 200 g/mol. The normalized spacial score (nSPS) is 15.3. The molecule has 0 spiro atoms. The van der Waals surface area contributed by atoms with E-state index in [1.807, 2.05) is 0 Å². The number of aromatic nitrogens is 2. The summed E-state index contributed by atoms with van der Waals surface area (Å²) in [6.45, 7) is 0. The lowest BCUT2D eigenvalue weighted by Gasteiger charge is -2.07. The first kappa shape index (κ1) is 9.70. The number of rotatable bonds is 2. The van der Waals surface area contributed by atoms with Gasteiger partial charge in [0.2, 0.25) is 5.75 Å². The highest BCUT2D eigenvalue weighted by Crippen LogP contribution is 2.38. The molecule has 15 heavy (non-hydrogen) atoms. The fraction of sp³-hybridized carbons (Fsp3) is 0.444. The van der Waals surface area contributed by atoms with Crippen LogP contribution >= 0.6 is 0 Å². The fourth-order valence-electron chi connectivity index (χ4n) is 1.46. The molecule has 0 bridgehead atoms. The van der Waals surface area contributed by atoms with Crippen LogP contribution in [-0.2, 0) is 7.05 Å². The number of nitrogens with zero attached hydrogens (tertiary/aromatic N) is 2. The van der Waals surface area contributed by atoms with Gasteiger partial charge >= 0.3 is 5.97 Å². The molecule has 2 rings (SSSR count). The Kier molecular flexibility index (Phi) is 1.99. The molecule has 1 fully saturated rings. The monoisotopic (exact) mass is 210 g/mol. The van der Waals surface area contributed by atoms with Crippen LogP contribution in [0.4, 0.5) is 0 Å². The van der Waals surface area contributed by atoms with Crippen molar-refractivity contribution in [3.8, 4) is 5.75 Å². The maximum Gasteiger partial charge on any atom is 0.358 e. The number of carboxylic acid groups (broad SMARTS) is 1. The van der Waals surface area contributed by atoms with Gasteiger partial charge in [-0.15, -0.1) is 0 Å². The van der Waals surface area contributed by atoms with Crippen LogP contribution in [0.2, 0.25) is 0 Å². The summed E-state index contributed by atoms with van der Waals surface area (Å²) < 4.78 is 1.21. The van der Waals surface area contributed by atoms with Crippen molar-refractivity contribution in [1.82, 2.24) is 9.55 Å². The zero-order chi connectivity index (χ0) is 11.2. The van der Waals surface area contributed by atoms with Gasteiger partial charge in [-0.25, -0.2) is 9.78 Å². The van der Waals surface area contributed by atoms with Gasteiger partial charge in [-0.05, 0) is 12.8 Å². The molecular formula is C9H10N2O4. The lowest BCUT2D eigenvalue weighted by molar-refractivity contribution is 0.0685. The van der Waals surface area contributed by atoms with Crippen LogP contribution in [0.25, 0.3) is 0 Å². The van der Waals surface area contributed by atoms with Crippen molar-refractivity contribution in [2.24, 2.45) is 7.05 Å². The second kappa shape index (κ2) is 3.08. The minimum absolute atomic E-state index is 0.154. The second-order valence-corrected chi connectivity index (χ2v) is 3.61. The van der Waals surface area contributed by atoms with Crippen molar-refractivity contribution in [3.05, 3.63) is 21.9 Å². The van der Waals surface area contributed by atoms with Gasteiger partial charge in [0.05, 0.1) is 0 Å². The Bertz CT molecular complexity index is 488. The molecule has 0 saturated heterocycles. The summed E-state index contributed by atoms with van der Waals surface area (Å²) in [6.07, 6.45) is 1.81. The number of hydrogen-bond acceptors (Lipinski definition) is 4. The number of carboxylic acids is 1. The summed E-state index contributed by atoms with van der Waals surface area (Å²) in [5, 5.41) is 18.0. The van der Waals surface area contributed by atoms with E-state index in [2.05, 4.69) is 4.98 Å². The van der Waals surface area contributed by atoms with Gasteiger partial charge < -0.3 is 10.2 Å². The van der Waals surface area contributed by atoms with Crippen LogP contribution in [0.5, 0.6) is 5.75 Å². The summed E-state index contributed by atoms with van der Waals surface area (Å²) in [7, 11) is 1.48. The molecule has 1 saturated carbocycles. The Labute approximate surface area is 84.8 Å². The highest BCUT2D eigenvalue weighted by Gasteiger charge is 2.30. The zero-order valence-corrected chi connectivity index (χ0v) is 8.10. The van der Waals surface area contributed by atoms with E-state index in [0.717, 1.165) is 12.8 Å². The SMILES string of the molecule is Cn1c(C2CC2)nc(C(=O)O)c(O)c1=O. The molecule has 1 heterocycles. The first-order valence-electron chi connectivity index (χ1n) is 4.55. The smallest absolute Gasteiger partial charge is 0.358 e. The fourth-order valence-corrected chi connectivity index (χ4v) is 1.46. The van der Waals surface area contributed by atoms with Gasteiger partial charge in [-0.3, -0.25) is 9.36 Å². The van der Waals surface area contributed by atoms with E-state index in [1.165, 1.54) is 11.6 Å². The molecule has 0 unspecified atom stereocenters. The van der Waals surface area contributed by atoms with Crippen molar-refractivity contribution in [3.63, 3.8) is 0 Å². The summed E-state index contributed by atoms with van der Waals surface area (Å²) in [5.74, 6) is -1.59. The minimum Gasteiger partial charge on any atom is -0.501 e. The highest BCUT2D eigenvalue weighted by atomic mass is 16.4. The van der Waals surface area contributed by atoms with Crippen LogP contribution in [0.15, 0.2) is 4.79 Å². The summed E-state index contributed by atoms with van der Waals surface area (Å²) >= 11 is 0. The lowest BCUT2D eigenvalue weighted by Crippen LogP contribution is -2.24. The molecule has 6 heteroatoms.